The van der Waals surface area contributed by atoms with Gasteiger partial charge in [-0.3, -0.25) is 19.7 Å². The van der Waals surface area contributed by atoms with Crippen LogP contribution in [0.5, 0.6) is 0 Å². The van der Waals surface area contributed by atoms with Gasteiger partial charge in [-0.25, -0.2) is 22.7 Å². The van der Waals surface area contributed by atoms with Crippen LogP contribution >= 0.6 is 0 Å². The monoisotopic (exact) mass is 463 g/mol. The number of halogens is 1. The summed E-state index contributed by atoms with van der Waals surface area (Å²) in [4.78, 5) is 36.3. The second-order valence-corrected chi connectivity index (χ2v) is 9.96. The van der Waals surface area contributed by atoms with Crippen molar-refractivity contribution < 1.29 is 32.4 Å². The number of amides is 4. The third-order valence-electron chi connectivity index (χ3n) is 5.12. The van der Waals surface area contributed by atoms with Gasteiger partial charge in [0.15, 0.2) is 9.84 Å². The zero-order valence-electron chi connectivity index (χ0n) is 17.4. The van der Waals surface area contributed by atoms with E-state index < -0.39 is 51.5 Å². The molecule has 4 amide bonds. The largest absolute Gasteiger partial charge is 0.325 e. The Hall–Kier alpha value is -3.31. The predicted octanol–water partition coefficient (Wildman–Crippen LogP) is 1.81. The fourth-order valence-electron chi connectivity index (χ4n) is 3.34. The summed E-state index contributed by atoms with van der Waals surface area (Å²) in [6.07, 6.45) is 0.0153. The van der Waals surface area contributed by atoms with Gasteiger partial charge in [-0.05, 0) is 49.2 Å². The Kier molecular flexibility index (Phi) is 6.33. The van der Waals surface area contributed by atoms with Crippen LogP contribution in [-0.2, 0) is 19.4 Å². The average molecular weight is 463 g/mol. The summed E-state index contributed by atoms with van der Waals surface area (Å²) < 4.78 is 38.9. The highest BCUT2D eigenvalue weighted by atomic mass is 32.2. The quantitative estimate of drug-likeness (QED) is 0.266. The van der Waals surface area contributed by atoms with Gasteiger partial charge in [0.2, 0.25) is 6.41 Å². The van der Waals surface area contributed by atoms with Crippen molar-refractivity contribution in [3.8, 4) is 11.1 Å². The molecule has 9 nitrogen and oxygen atoms in total. The standard InChI is InChI=1S/C21H22FN3O6S/c1-21(2)19(27)24(20(28)23-21)11-17(25(29)13-26)12-32(30,31)18-9-5-15(6-10-18)14-3-7-16(22)8-4-14/h3-10,13,17,29H,11-12H2,1-2H3,(H,23,28). The van der Waals surface area contributed by atoms with Crippen LogP contribution in [0.3, 0.4) is 0 Å². The second-order valence-electron chi connectivity index (χ2n) is 7.92. The molecule has 1 saturated heterocycles. The molecule has 0 radical (unpaired) electrons. The minimum atomic E-state index is -4.02. The van der Waals surface area contributed by atoms with Crippen LogP contribution in [0.15, 0.2) is 53.4 Å². The van der Waals surface area contributed by atoms with Gasteiger partial charge in [0, 0.05) is 0 Å². The third kappa shape index (κ3) is 4.78. The number of nitrogens with one attached hydrogen (secondary N) is 1. The summed E-state index contributed by atoms with van der Waals surface area (Å²) >= 11 is 0. The number of carbonyl (C=O) groups is 3. The molecule has 2 aromatic rings. The van der Waals surface area contributed by atoms with Crippen LogP contribution in [0.4, 0.5) is 9.18 Å². The van der Waals surface area contributed by atoms with Crippen molar-refractivity contribution in [1.29, 1.82) is 0 Å². The van der Waals surface area contributed by atoms with E-state index in [9.17, 15) is 32.4 Å². The van der Waals surface area contributed by atoms with Crippen molar-refractivity contribution in [2.45, 2.75) is 30.3 Å². The highest BCUT2D eigenvalue weighted by Gasteiger charge is 2.45. The highest BCUT2D eigenvalue weighted by molar-refractivity contribution is 7.91. The van der Waals surface area contributed by atoms with Gasteiger partial charge >= 0.3 is 6.03 Å². The van der Waals surface area contributed by atoms with Crippen LogP contribution in [0.1, 0.15) is 13.8 Å². The average Bonchev–Trinajstić information content (AvgIpc) is 2.94. The summed E-state index contributed by atoms with van der Waals surface area (Å²) in [5.41, 5.74) is 0.175. The third-order valence-corrected chi connectivity index (χ3v) is 6.94. The Morgan fingerprint density at radius 1 is 1.09 bits per heavy atom. The molecule has 11 heteroatoms. The smallest absolute Gasteiger partial charge is 0.324 e. The number of hydroxylamine groups is 2. The number of imide groups is 1. The molecule has 0 aromatic heterocycles. The SMILES string of the molecule is CC1(C)NC(=O)N(CC(CS(=O)(=O)c2ccc(-c3ccc(F)cc3)cc2)N(O)C=O)C1=O. The molecule has 1 atom stereocenters. The van der Waals surface area contributed by atoms with E-state index in [4.69, 9.17) is 0 Å². The van der Waals surface area contributed by atoms with Gasteiger partial charge < -0.3 is 5.32 Å². The van der Waals surface area contributed by atoms with Crippen LogP contribution in [0.25, 0.3) is 11.1 Å². The van der Waals surface area contributed by atoms with Gasteiger partial charge in [-0.1, -0.05) is 24.3 Å². The first-order valence-corrected chi connectivity index (χ1v) is 11.3. The fraction of sp³-hybridized carbons (Fsp3) is 0.286. The number of urea groups is 1. The van der Waals surface area contributed by atoms with E-state index in [2.05, 4.69) is 5.32 Å². The van der Waals surface area contributed by atoms with E-state index in [-0.39, 0.29) is 16.4 Å². The zero-order valence-corrected chi connectivity index (χ0v) is 18.2. The molecule has 170 valence electrons. The lowest BCUT2D eigenvalue weighted by Gasteiger charge is -2.26. The lowest BCUT2D eigenvalue weighted by molar-refractivity contribution is -0.160. The summed E-state index contributed by atoms with van der Waals surface area (Å²) in [6, 6.07) is 9.37. The zero-order chi connectivity index (χ0) is 23.7. The number of carbonyl (C=O) groups excluding carboxylic acids is 3. The molecule has 32 heavy (non-hydrogen) atoms. The first kappa shape index (κ1) is 23.4. The Labute approximate surface area is 184 Å². The van der Waals surface area contributed by atoms with E-state index in [1.807, 2.05) is 0 Å². The molecular formula is C21H22FN3O6S. The van der Waals surface area contributed by atoms with Gasteiger partial charge in [0.1, 0.15) is 11.4 Å². The van der Waals surface area contributed by atoms with Crippen molar-refractivity contribution in [3.05, 3.63) is 54.3 Å². The van der Waals surface area contributed by atoms with Gasteiger partial charge in [0.05, 0.1) is 23.2 Å². The molecule has 1 heterocycles. The lowest BCUT2D eigenvalue weighted by Crippen LogP contribution is -2.48. The van der Waals surface area contributed by atoms with Gasteiger partial charge in [0.25, 0.3) is 5.91 Å². The first-order chi connectivity index (χ1) is 14.9. The molecule has 3 rings (SSSR count). The molecule has 0 spiro atoms. The van der Waals surface area contributed by atoms with E-state index in [0.717, 1.165) is 4.90 Å². The Morgan fingerprint density at radius 2 is 1.62 bits per heavy atom. The van der Waals surface area contributed by atoms with E-state index in [1.54, 1.807) is 24.3 Å². The summed E-state index contributed by atoms with van der Waals surface area (Å²) in [5.74, 6) is -1.72. The topological polar surface area (TPSA) is 124 Å². The lowest BCUT2D eigenvalue weighted by atomic mass is 10.1. The van der Waals surface area contributed by atoms with Crippen molar-refractivity contribution in [3.63, 3.8) is 0 Å². The number of rotatable bonds is 8. The molecule has 1 aliphatic rings. The molecule has 1 fully saturated rings. The molecule has 2 aromatic carbocycles. The summed E-state index contributed by atoms with van der Waals surface area (Å²) in [6.45, 7) is 2.46. The van der Waals surface area contributed by atoms with Crippen LogP contribution in [-0.4, -0.2) is 65.8 Å². The Morgan fingerprint density at radius 3 is 2.09 bits per heavy atom. The fourth-order valence-corrected chi connectivity index (χ4v) is 4.85. The van der Waals surface area contributed by atoms with Crippen molar-refractivity contribution in [1.82, 2.24) is 15.3 Å². The Bertz CT molecular complexity index is 1130. The number of hydrogen-bond donors (Lipinski definition) is 2. The maximum atomic E-state index is 13.1. The van der Waals surface area contributed by atoms with Crippen LogP contribution in [0, 0.1) is 5.82 Å². The highest BCUT2D eigenvalue weighted by Crippen LogP contribution is 2.24. The number of hydrogen-bond acceptors (Lipinski definition) is 6. The maximum Gasteiger partial charge on any atom is 0.325 e. The van der Waals surface area contributed by atoms with E-state index in [0.29, 0.717) is 11.1 Å². The summed E-state index contributed by atoms with van der Waals surface area (Å²) in [5, 5.41) is 12.5. The number of sulfone groups is 1. The normalized spacial score (nSPS) is 16.6. The molecule has 2 N–H and O–H groups in total. The molecule has 1 unspecified atom stereocenters. The van der Waals surface area contributed by atoms with E-state index >= 15 is 0 Å². The van der Waals surface area contributed by atoms with E-state index in [1.165, 1.54) is 38.1 Å². The minimum absolute atomic E-state index is 0.0153. The molecular weight excluding hydrogens is 441 g/mol. The van der Waals surface area contributed by atoms with Gasteiger partial charge in [-0.2, -0.15) is 0 Å². The first-order valence-electron chi connectivity index (χ1n) is 9.60. The molecule has 0 bridgehead atoms. The predicted molar refractivity (Wildman–Crippen MR) is 112 cm³/mol. The van der Waals surface area contributed by atoms with Crippen LogP contribution in [0.2, 0.25) is 0 Å². The van der Waals surface area contributed by atoms with Crippen molar-refractivity contribution in [2.75, 3.05) is 12.3 Å². The number of nitrogens with zero attached hydrogens (tertiary/aromatic N) is 2. The number of benzene rings is 2. The molecule has 0 saturated carbocycles. The maximum absolute atomic E-state index is 13.1. The minimum Gasteiger partial charge on any atom is -0.324 e. The molecule has 0 aliphatic carbocycles. The van der Waals surface area contributed by atoms with Crippen LogP contribution < -0.4 is 5.32 Å². The Balaban J connectivity index is 1.81. The van der Waals surface area contributed by atoms with Gasteiger partial charge in [-0.15, -0.1) is 0 Å². The second kappa shape index (κ2) is 8.67. The van der Waals surface area contributed by atoms with Crippen molar-refractivity contribution >= 4 is 28.2 Å². The van der Waals surface area contributed by atoms with Crippen molar-refractivity contribution in [2.24, 2.45) is 0 Å². The summed E-state index contributed by atoms with van der Waals surface area (Å²) in [7, 11) is -4.02. The molecule has 1 aliphatic heterocycles.